The van der Waals surface area contributed by atoms with E-state index in [1.165, 1.54) is 0 Å². The fraction of sp³-hybridized carbons (Fsp3) is 0.538. The van der Waals surface area contributed by atoms with E-state index in [2.05, 4.69) is 15.9 Å². The largest absolute Gasteiger partial charge is 0.372 e. The van der Waals surface area contributed by atoms with Gasteiger partial charge in [-0.15, -0.1) is 0 Å². The van der Waals surface area contributed by atoms with Gasteiger partial charge in [-0.1, -0.05) is 15.9 Å². The van der Waals surface area contributed by atoms with Gasteiger partial charge in [-0.2, -0.15) is 8.42 Å². The van der Waals surface area contributed by atoms with Gasteiger partial charge in [-0.3, -0.25) is 4.18 Å². The Morgan fingerprint density at radius 3 is 2.53 bits per heavy atom. The van der Waals surface area contributed by atoms with E-state index in [-0.39, 0.29) is 17.1 Å². The summed E-state index contributed by atoms with van der Waals surface area (Å²) >= 11 is 3.28. The second-order valence-corrected chi connectivity index (χ2v) is 7.48. The van der Waals surface area contributed by atoms with Crippen molar-refractivity contribution in [2.45, 2.75) is 48.9 Å². The van der Waals surface area contributed by atoms with Crippen LogP contribution in [0.3, 0.4) is 0 Å². The lowest BCUT2D eigenvalue weighted by Crippen LogP contribution is -2.35. The molecule has 0 saturated carbocycles. The Balaban J connectivity index is 1.76. The molecule has 2 heterocycles. The van der Waals surface area contributed by atoms with Crippen LogP contribution in [0, 0.1) is 0 Å². The summed E-state index contributed by atoms with van der Waals surface area (Å²) in [5.74, 6) is 0. The van der Waals surface area contributed by atoms with Crippen molar-refractivity contribution in [2.24, 2.45) is 0 Å². The molecule has 19 heavy (non-hydrogen) atoms. The van der Waals surface area contributed by atoms with E-state index in [0.717, 1.165) is 30.2 Å². The molecular weight excluding hydrogens is 332 g/mol. The lowest BCUT2D eigenvalue weighted by atomic mass is 10.1. The molecule has 2 bridgehead atoms. The molecule has 3 atom stereocenters. The van der Waals surface area contributed by atoms with E-state index in [4.69, 9.17) is 8.92 Å². The maximum absolute atomic E-state index is 12.2. The summed E-state index contributed by atoms with van der Waals surface area (Å²) in [5, 5.41) is 0. The summed E-state index contributed by atoms with van der Waals surface area (Å²) in [4.78, 5) is 0.191. The van der Waals surface area contributed by atoms with Gasteiger partial charge in [-0.05, 0) is 49.9 Å². The summed E-state index contributed by atoms with van der Waals surface area (Å²) in [6.45, 7) is 0. The van der Waals surface area contributed by atoms with Crippen LogP contribution in [0.4, 0.5) is 0 Å². The molecular formula is C13H15BrO4S. The minimum atomic E-state index is -3.70. The number of fused-ring (bicyclic) bond motifs is 2. The van der Waals surface area contributed by atoms with Crippen LogP contribution in [0.2, 0.25) is 0 Å². The third-order valence-corrected chi connectivity index (χ3v) is 5.56. The topological polar surface area (TPSA) is 52.6 Å². The Kier molecular flexibility index (Phi) is 3.68. The number of benzene rings is 1. The molecule has 0 aliphatic carbocycles. The van der Waals surface area contributed by atoms with E-state index in [1.807, 2.05) is 0 Å². The molecule has 0 radical (unpaired) electrons. The number of hydrogen-bond donors (Lipinski definition) is 0. The maximum Gasteiger partial charge on any atom is 0.297 e. The Morgan fingerprint density at radius 1 is 1.11 bits per heavy atom. The molecule has 0 spiro atoms. The fourth-order valence-electron chi connectivity index (χ4n) is 2.68. The number of hydrogen-bond acceptors (Lipinski definition) is 4. The highest BCUT2D eigenvalue weighted by molar-refractivity contribution is 9.10. The molecule has 3 rings (SSSR count). The molecule has 2 saturated heterocycles. The van der Waals surface area contributed by atoms with E-state index in [0.29, 0.717) is 6.10 Å². The number of ether oxygens (including phenoxy) is 1. The molecule has 104 valence electrons. The van der Waals surface area contributed by atoms with Gasteiger partial charge in [0, 0.05) is 4.47 Å². The van der Waals surface area contributed by atoms with Gasteiger partial charge < -0.3 is 4.74 Å². The highest BCUT2D eigenvalue weighted by Gasteiger charge is 2.39. The lowest BCUT2D eigenvalue weighted by molar-refractivity contribution is -0.0623. The smallest absolute Gasteiger partial charge is 0.297 e. The molecule has 0 amide bonds. The highest BCUT2D eigenvalue weighted by atomic mass is 79.9. The lowest BCUT2D eigenvalue weighted by Gasteiger charge is -2.28. The van der Waals surface area contributed by atoms with Gasteiger partial charge >= 0.3 is 0 Å². The molecule has 0 aromatic heterocycles. The van der Waals surface area contributed by atoms with Crippen molar-refractivity contribution < 1.29 is 17.3 Å². The highest BCUT2D eigenvalue weighted by Crippen LogP contribution is 2.35. The Labute approximate surface area is 121 Å². The first-order valence-corrected chi connectivity index (χ1v) is 8.59. The van der Waals surface area contributed by atoms with Crippen LogP contribution in [0.25, 0.3) is 0 Å². The maximum atomic E-state index is 12.2. The van der Waals surface area contributed by atoms with Gasteiger partial charge in [0.15, 0.2) is 0 Å². The number of rotatable bonds is 3. The third-order valence-electron chi connectivity index (χ3n) is 3.68. The van der Waals surface area contributed by atoms with Crippen molar-refractivity contribution in [1.29, 1.82) is 0 Å². The van der Waals surface area contributed by atoms with Crippen LogP contribution in [-0.4, -0.2) is 26.7 Å². The molecule has 1 aromatic carbocycles. The molecule has 4 nitrogen and oxygen atoms in total. The monoisotopic (exact) mass is 346 g/mol. The molecule has 0 N–H and O–H groups in total. The zero-order valence-electron chi connectivity index (χ0n) is 10.3. The molecule has 2 fully saturated rings. The minimum Gasteiger partial charge on any atom is -0.372 e. The fourth-order valence-corrected chi connectivity index (χ4v) is 4.08. The van der Waals surface area contributed by atoms with Crippen LogP contribution in [0.1, 0.15) is 25.7 Å². The number of halogens is 1. The van der Waals surface area contributed by atoms with Crippen molar-refractivity contribution >= 4 is 26.0 Å². The van der Waals surface area contributed by atoms with E-state index in [9.17, 15) is 8.42 Å². The molecule has 2 aliphatic heterocycles. The standard InChI is InChI=1S/C13H15BrO4S/c14-9-1-5-11(6-2-9)19(15,16)18-13-8-4-10-3-7-12(13)17-10/h1-2,5-6,10,12-13H,3-4,7-8H2/t10-,12-,13+/m0/s1. The predicted molar refractivity (Wildman–Crippen MR) is 73.3 cm³/mol. The molecule has 1 aromatic rings. The second-order valence-electron chi connectivity index (χ2n) is 4.99. The first-order valence-electron chi connectivity index (χ1n) is 6.39. The van der Waals surface area contributed by atoms with Gasteiger partial charge in [0.05, 0.1) is 17.1 Å². The van der Waals surface area contributed by atoms with Crippen LogP contribution in [0.5, 0.6) is 0 Å². The van der Waals surface area contributed by atoms with Crippen molar-refractivity contribution in [3.05, 3.63) is 28.7 Å². The Hall–Kier alpha value is -0.430. The zero-order chi connectivity index (χ0) is 13.5. The summed E-state index contributed by atoms with van der Waals surface area (Å²) in [6, 6.07) is 6.47. The van der Waals surface area contributed by atoms with Gasteiger partial charge in [0.25, 0.3) is 10.1 Å². The van der Waals surface area contributed by atoms with Crippen LogP contribution in [-0.2, 0) is 19.0 Å². The average Bonchev–Trinajstić information content (AvgIpc) is 2.76. The van der Waals surface area contributed by atoms with Gasteiger partial charge in [-0.25, -0.2) is 0 Å². The normalized spacial score (nSPS) is 30.5. The summed E-state index contributed by atoms with van der Waals surface area (Å²) in [5.41, 5.74) is 0. The Morgan fingerprint density at radius 2 is 1.79 bits per heavy atom. The van der Waals surface area contributed by atoms with Crippen molar-refractivity contribution in [3.63, 3.8) is 0 Å². The zero-order valence-corrected chi connectivity index (χ0v) is 12.7. The molecule has 2 aliphatic rings. The first-order chi connectivity index (χ1) is 9.04. The summed E-state index contributed by atoms with van der Waals surface area (Å²) < 4.78 is 36.3. The predicted octanol–water partition coefficient (Wildman–Crippen LogP) is 2.86. The van der Waals surface area contributed by atoms with Crippen LogP contribution < -0.4 is 0 Å². The van der Waals surface area contributed by atoms with Gasteiger partial charge in [0.1, 0.15) is 6.10 Å². The summed E-state index contributed by atoms with van der Waals surface area (Å²) in [7, 11) is -3.70. The third kappa shape index (κ3) is 2.86. The molecule has 6 heteroatoms. The van der Waals surface area contributed by atoms with Crippen molar-refractivity contribution in [3.8, 4) is 0 Å². The average molecular weight is 347 g/mol. The van der Waals surface area contributed by atoms with Crippen molar-refractivity contribution in [2.75, 3.05) is 0 Å². The van der Waals surface area contributed by atoms with Crippen molar-refractivity contribution in [1.82, 2.24) is 0 Å². The van der Waals surface area contributed by atoms with Crippen LogP contribution >= 0.6 is 15.9 Å². The van der Waals surface area contributed by atoms with Gasteiger partial charge in [0.2, 0.25) is 0 Å². The molecule has 0 unspecified atom stereocenters. The van der Waals surface area contributed by atoms with E-state index in [1.54, 1.807) is 24.3 Å². The quantitative estimate of drug-likeness (QED) is 0.789. The second kappa shape index (κ2) is 5.16. The first kappa shape index (κ1) is 13.5. The minimum absolute atomic E-state index is 0.0658. The Bertz CT molecular complexity index is 555. The van der Waals surface area contributed by atoms with E-state index >= 15 is 0 Å². The van der Waals surface area contributed by atoms with Crippen LogP contribution in [0.15, 0.2) is 33.6 Å². The summed E-state index contributed by atoms with van der Waals surface area (Å²) in [6.07, 6.45) is 3.45. The van der Waals surface area contributed by atoms with E-state index < -0.39 is 10.1 Å². The SMILES string of the molecule is O=S(=O)(O[C@@H]1CC[C@@H]2CC[C@@H]1O2)c1ccc(Br)cc1.